The average Bonchev–Trinajstić information content (AvgIpc) is 2.02. The van der Waals surface area contributed by atoms with E-state index in [4.69, 9.17) is 5.73 Å². The maximum absolute atomic E-state index is 5.35. The van der Waals surface area contributed by atoms with E-state index >= 15 is 0 Å². The second-order valence-electron chi connectivity index (χ2n) is 1.37. The van der Waals surface area contributed by atoms with E-state index < -0.39 is 0 Å². The van der Waals surface area contributed by atoms with Crippen LogP contribution in [0, 0.1) is 0 Å². The molecular formula is C6H9Br2N3. The number of aromatic nitrogens is 2. The van der Waals surface area contributed by atoms with Gasteiger partial charge in [-0.25, -0.2) is 9.97 Å². The Morgan fingerprint density at radius 2 is 1.91 bits per heavy atom. The van der Waals surface area contributed by atoms with Gasteiger partial charge in [0.15, 0.2) is 5.82 Å². The maximum atomic E-state index is 5.35. The lowest BCUT2D eigenvalue weighted by Gasteiger charge is -1.93. The lowest BCUT2D eigenvalue weighted by molar-refractivity contribution is 1.14. The zero-order chi connectivity index (χ0) is 8.85. The Balaban J connectivity index is 0.000000461. The van der Waals surface area contributed by atoms with Gasteiger partial charge in [-0.05, 0) is 31.9 Å². The number of anilines is 1. The minimum absolute atomic E-state index is 0.401. The maximum Gasteiger partial charge on any atom is 0.156 e. The standard InChI is InChI=1S/C4H3Br2N3.C2H6/c5-2-1-8-4(7)3(6)9-2;1-2/h1H,(H2,7,8);1-2H3. The third kappa shape index (κ3) is 3.67. The van der Waals surface area contributed by atoms with Gasteiger partial charge in [0.05, 0.1) is 6.20 Å². The highest BCUT2D eigenvalue weighted by atomic mass is 79.9. The minimum atomic E-state index is 0.401. The molecule has 0 radical (unpaired) electrons. The molecule has 3 nitrogen and oxygen atoms in total. The highest BCUT2D eigenvalue weighted by molar-refractivity contribution is 9.11. The van der Waals surface area contributed by atoms with Crippen LogP contribution in [-0.4, -0.2) is 9.97 Å². The predicted molar refractivity (Wildman–Crippen MR) is 53.2 cm³/mol. The molecule has 0 aliphatic carbocycles. The van der Waals surface area contributed by atoms with E-state index in [1.54, 1.807) is 6.20 Å². The van der Waals surface area contributed by atoms with Crippen molar-refractivity contribution in [3.63, 3.8) is 0 Å². The first-order valence-corrected chi connectivity index (χ1v) is 4.72. The highest BCUT2D eigenvalue weighted by Crippen LogP contribution is 2.15. The number of halogens is 2. The Labute approximate surface area is 82.7 Å². The van der Waals surface area contributed by atoms with Gasteiger partial charge >= 0.3 is 0 Å². The molecule has 0 fully saturated rings. The number of hydrogen-bond donors (Lipinski definition) is 1. The number of nitrogens with zero attached hydrogens (tertiary/aromatic N) is 2. The molecule has 0 atom stereocenters. The molecule has 2 N–H and O–H groups in total. The van der Waals surface area contributed by atoms with Crippen LogP contribution in [-0.2, 0) is 0 Å². The second kappa shape index (κ2) is 5.49. The first kappa shape index (κ1) is 10.8. The molecule has 0 spiro atoms. The van der Waals surface area contributed by atoms with Crippen molar-refractivity contribution < 1.29 is 0 Å². The number of nitrogens with two attached hydrogens (primary N) is 1. The van der Waals surface area contributed by atoms with Crippen molar-refractivity contribution in [3.05, 3.63) is 15.4 Å². The Bertz CT molecular complexity index is 227. The molecule has 0 saturated heterocycles. The quantitative estimate of drug-likeness (QED) is 0.796. The van der Waals surface area contributed by atoms with Gasteiger partial charge in [-0.3, -0.25) is 0 Å². The summed E-state index contributed by atoms with van der Waals surface area (Å²) in [5.74, 6) is 0.401. The molecule has 0 bridgehead atoms. The van der Waals surface area contributed by atoms with Crippen LogP contribution < -0.4 is 5.73 Å². The normalized spacial score (nSPS) is 8.36. The fourth-order valence-corrected chi connectivity index (χ4v) is 1.17. The fraction of sp³-hybridized carbons (Fsp3) is 0.333. The van der Waals surface area contributed by atoms with Crippen molar-refractivity contribution in [3.8, 4) is 0 Å². The van der Waals surface area contributed by atoms with Gasteiger partial charge in [-0.1, -0.05) is 13.8 Å². The molecule has 0 unspecified atom stereocenters. The summed E-state index contributed by atoms with van der Waals surface area (Å²) in [6, 6.07) is 0. The molecule has 0 aromatic carbocycles. The van der Waals surface area contributed by atoms with Crippen LogP contribution >= 0.6 is 31.9 Å². The monoisotopic (exact) mass is 281 g/mol. The van der Waals surface area contributed by atoms with Gasteiger partial charge in [0.1, 0.15) is 9.21 Å². The van der Waals surface area contributed by atoms with Crippen molar-refractivity contribution in [2.75, 3.05) is 5.73 Å². The SMILES string of the molecule is CC.Nc1ncc(Br)nc1Br. The summed E-state index contributed by atoms with van der Waals surface area (Å²) in [5.41, 5.74) is 5.35. The molecule has 1 rings (SSSR count). The first-order valence-electron chi connectivity index (χ1n) is 3.13. The number of nitrogen functional groups attached to an aromatic ring is 1. The summed E-state index contributed by atoms with van der Waals surface area (Å²) in [5, 5.41) is 0. The van der Waals surface area contributed by atoms with Crippen molar-refractivity contribution in [1.82, 2.24) is 9.97 Å². The number of hydrogen-bond acceptors (Lipinski definition) is 3. The smallest absolute Gasteiger partial charge is 0.156 e. The van der Waals surface area contributed by atoms with Crippen LogP contribution in [0.2, 0.25) is 0 Å². The van der Waals surface area contributed by atoms with Crippen LogP contribution in [0.15, 0.2) is 15.4 Å². The summed E-state index contributed by atoms with van der Waals surface area (Å²) in [4.78, 5) is 7.72. The highest BCUT2D eigenvalue weighted by Gasteiger charge is 1.96. The molecule has 0 aliphatic heterocycles. The molecule has 11 heavy (non-hydrogen) atoms. The summed E-state index contributed by atoms with van der Waals surface area (Å²) in [6.07, 6.45) is 1.54. The average molecular weight is 283 g/mol. The van der Waals surface area contributed by atoms with Crippen LogP contribution in [0.1, 0.15) is 13.8 Å². The second-order valence-corrected chi connectivity index (χ2v) is 2.93. The summed E-state index contributed by atoms with van der Waals surface area (Å²) < 4.78 is 1.24. The van der Waals surface area contributed by atoms with Crippen LogP contribution in [0.5, 0.6) is 0 Å². The van der Waals surface area contributed by atoms with E-state index in [2.05, 4.69) is 41.8 Å². The van der Waals surface area contributed by atoms with Crippen molar-refractivity contribution in [2.45, 2.75) is 13.8 Å². The molecular weight excluding hydrogens is 274 g/mol. The molecule has 62 valence electrons. The van der Waals surface area contributed by atoms with E-state index in [9.17, 15) is 0 Å². The van der Waals surface area contributed by atoms with Crippen LogP contribution in [0.25, 0.3) is 0 Å². The lowest BCUT2D eigenvalue weighted by Crippen LogP contribution is -1.92. The van der Waals surface area contributed by atoms with Crippen molar-refractivity contribution in [2.24, 2.45) is 0 Å². The van der Waals surface area contributed by atoms with E-state index in [0.717, 1.165) is 0 Å². The topological polar surface area (TPSA) is 51.8 Å². The molecule has 1 aromatic rings. The Morgan fingerprint density at radius 1 is 1.36 bits per heavy atom. The van der Waals surface area contributed by atoms with Gasteiger partial charge in [0, 0.05) is 0 Å². The van der Waals surface area contributed by atoms with E-state index in [1.165, 1.54) is 0 Å². The zero-order valence-corrected chi connectivity index (χ0v) is 9.48. The van der Waals surface area contributed by atoms with E-state index in [1.807, 2.05) is 13.8 Å². The largest absolute Gasteiger partial charge is 0.381 e. The third-order valence-electron chi connectivity index (χ3n) is 0.726. The molecule has 0 saturated carbocycles. The van der Waals surface area contributed by atoms with Gasteiger partial charge in [0.25, 0.3) is 0 Å². The molecule has 5 heteroatoms. The van der Waals surface area contributed by atoms with Gasteiger partial charge in [-0.2, -0.15) is 0 Å². The number of rotatable bonds is 0. The summed E-state index contributed by atoms with van der Waals surface area (Å²) >= 11 is 6.25. The molecule has 1 aromatic heterocycles. The Morgan fingerprint density at radius 3 is 2.27 bits per heavy atom. The van der Waals surface area contributed by atoms with Crippen molar-refractivity contribution in [1.29, 1.82) is 0 Å². The Kier molecular flexibility index (Phi) is 5.41. The van der Waals surface area contributed by atoms with E-state index in [0.29, 0.717) is 15.0 Å². The lowest BCUT2D eigenvalue weighted by atomic mass is 10.7. The van der Waals surface area contributed by atoms with Crippen molar-refractivity contribution >= 4 is 37.7 Å². The summed E-state index contributed by atoms with van der Waals surface area (Å²) in [6.45, 7) is 4.00. The first-order chi connectivity index (χ1) is 5.20. The fourth-order valence-electron chi connectivity index (χ4n) is 0.356. The molecule has 0 amide bonds. The van der Waals surface area contributed by atoms with Gasteiger partial charge in [0.2, 0.25) is 0 Å². The predicted octanol–water partition coefficient (Wildman–Crippen LogP) is 2.61. The van der Waals surface area contributed by atoms with Crippen LogP contribution in [0.3, 0.4) is 0 Å². The molecule has 1 heterocycles. The summed E-state index contributed by atoms with van der Waals surface area (Å²) in [7, 11) is 0. The van der Waals surface area contributed by atoms with Gasteiger partial charge in [-0.15, -0.1) is 0 Å². The minimum Gasteiger partial charge on any atom is -0.381 e. The van der Waals surface area contributed by atoms with E-state index in [-0.39, 0.29) is 0 Å². The Hall–Kier alpha value is -0.160. The molecule has 0 aliphatic rings. The van der Waals surface area contributed by atoms with Crippen LogP contribution in [0.4, 0.5) is 5.82 Å². The van der Waals surface area contributed by atoms with Gasteiger partial charge < -0.3 is 5.73 Å². The zero-order valence-electron chi connectivity index (χ0n) is 6.31. The third-order valence-corrected chi connectivity index (χ3v) is 1.69.